The van der Waals surface area contributed by atoms with Crippen LogP contribution in [-0.2, 0) is 11.3 Å². The molecular formula is C16H20N2O2. The second-order valence-electron chi connectivity index (χ2n) is 5.59. The molecular weight excluding hydrogens is 252 g/mol. The lowest BCUT2D eigenvalue weighted by molar-refractivity contribution is -0.122. The zero-order valence-electron chi connectivity index (χ0n) is 11.5. The maximum Gasteiger partial charge on any atom is 0.220 e. The monoisotopic (exact) mass is 272 g/mol. The van der Waals surface area contributed by atoms with Crippen molar-refractivity contribution < 1.29 is 9.21 Å². The molecule has 4 nitrogen and oxygen atoms in total. The summed E-state index contributed by atoms with van der Waals surface area (Å²) in [6.45, 7) is 0.808. The van der Waals surface area contributed by atoms with Crippen LogP contribution in [0.2, 0.25) is 0 Å². The first-order valence-electron chi connectivity index (χ1n) is 7.22. The van der Waals surface area contributed by atoms with Crippen LogP contribution < -0.4 is 11.1 Å². The Balaban J connectivity index is 1.57. The number of carbonyl (C=O) groups excluding carboxylic acids is 1. The second kappa shape index (κ2) is 5.67. The van der Waals surface area contributed by atoms with Gasteiger partial charge in [-0.25, -0.2) is 0 Å². The van der Waals surface area contributed by atoms with Crippen LogP contribution in [-0.4, -0.2) is 11.9 Å². The quantitative estimate of drug-likeness (QED) is 0.898. The third-order valence-electron chi connectivity index (χ3n) is 4.27. The van der Waals surface area contributed by atoms with Crippen molar-refractivity contribution in [2.75, 3.05) is 0 Å². The minimum absolute atomic E-state index is 0.0720. The Morgan fingerprint density at radius 3 is 2.75 bits per heavy atom. The highest BCUT2D eigenvalue weighted by molar-refractivity contribution is 5.80. The fourth-order valence-corrected chi connectivity index (χ4v) is 3.01. The lowest BCUT2D eigenvalue weighted by atomic mass is 9.85. The standard InChI is InChI=1S/C16H20N2O2/c17-16(19)11-5-7-13(8-6-11)18-9-12-10-20-15-4-2-1-3-14(12)15/h1-4,10-11,13,18H,5-9H2,(H2,17,19). The number of fused-ring (bicyclic) bond motifs is 1. The largest absolute Gasteiger partial charge is 0.464 e. The number of hydrogen-bond acceptors (Lipinski definition) is 3. The summed E-state index contributed by atoms with van der Waals surface area (Å²) >= 11 is 0. The summed E-state index contributed by atoms with van der Waals surface area (Å²) in [5, 5.41) is 4.74. The van der Waals surface area contributed by atoms with Gasteiger partial charge in [-0.1, -0.05) is 18.2 Å². The van der Waals surface area contributed by atoms with E-state index in [0.717, 1.165) is 37.8 Å². The van der Waals surface area contributed by atoms with Gasteiger partial charge in [0.15, 0.2) is 0 Å². The van der Waals surface area contributed by atoms with Crippen molar-refractivity contribution in [3.05, 3.63) is 36.1 Å². The fourth-order valence-electron chi connectivity index (χ4n) is 3.01. The Morgan fingerprint density at radius 1 is 1.25 bits per heavy atom. The summed E-state index contributed by atoms with van der Waals surface area (Å²) in [7, 11) is 0. The lowest BCUT2D eigenvalue weighted by Crippen LogP contribution is -2.36. The summed E-state index contributed by atoms with van der Waals surface area (Å²) in [5.41, 5.74) is 7.48. The first kappa shape index (κ1) is 13.2. The number of benzene rings is 1. The number of carbonyl (C=O) groups is 1. The molecule has 0 spiro atoms. The maximum absolute atomic E-state index is 11.1. The Hall–Kier alpha value is -1.81. The van der Waals surface area contributed by atoms with E-state index in [4.69, 9.17) is 10.2 Å². The van der Waals surface area contributed by atoms with E-state index >= 15 is 0 Å². The van der Waals surface area contributed by atoms with Crippen LogP contribution in [0, 0.1) is 5.92 Å². The van der Waals surface area contributed by atoms with Gasteiger partial charge in [-0.2, -0.15) is 0 Å². The molecule has 2 aromatic rings. The van der Waals surface area contributed by atoms with E-state index in [1.54, 1.807) is 0 Å². The van der Waals surface area contributed by atoms with Gasteiger partial charge in [-0.05, 0) is 31.7 Å². The molecule has 0 saturated heterocycles. The minimum Gasteiger partial charge on any atom is -0.464 e. The number of primary amides is 1. The summed E-state index contributed by atoms with van der Waals surface area (Å²) in [5.74, 6) is -0.0768. The average molecular weight is 272 g/mol. The summed E-state index contributed by atoms with van der Waals surface area (Å²) < 4.78 is 5.54. The molecule has 0 atom stereocenters. The summed E-state index contributed by atoms with van der Waals surface area (Å²) in [6.07, 6.45) is 5.66. The SMILES string of the molecule is NC(=O)C1CCC(NCc2coc3ccccc23)CC1. The van der Waals surface area contributed by atoms with Gasteiger partial charge in [0.2, 0.25) is 5.91 Å². The summed E-state index contributed by atoms with van der Waals surface area (Å²) in [4.78, 5) is 11.1. The van der Waals surface area contributed by atoms with Crippen LogP contribution in [0.5, 0.6) is 0 Å². The molecule has 1 aromatic heterocycles. The van der Waals surface area contributed by atoms with Crippen LogP contribution in [0.4, 0.5) is 0 Å². The zero-order valence-corrected chi connectivity index (χ0v) is 11.5. The Morgan fingerprint density at radius 2 is 2.00 bits per heavy atom. The van der Waals surface area contributed by atoms with Crippen LogP contribution in [0.15, 0.2) is 34.9 Å². The number of para-hydroxylation sites is 1. The van der Waals surface area contributed by atoms with Crippen LogP contribution in [0.3, 0.4) is 0 Å². The lowest BCUT2D eigenvalue weighted by Gasteiger charge is -2.27. The Labute approximate surface area is 118 Å². The van der Waals surface area contributed by atoms with E-state index in [1.807, 2.05) is 24.5 Å². The maximum atomic E-state index is 11.1. The van der Waals surface area contributed by atoms with Gasteiger partial charge < -0.3 is 15.5 Å². The van der Waals surface area contributed by atoms with Gasteiger partial charge >= 0.3 is 0 Å². The molecule has 0 aliphatic heterocycles. The van der Waals surface area contributed by atoms with Crippen LogP contribution in [0.25, 0.3) is 11.0 Å². The van der Waals surface area contributed by atoms with Gasteiger partial charge in [0, 0.05) is 29.5 Å². The van der Waals surface area contributed by atoms with Crippen molar-refractivity contribution in [3.63, 3.8) is 0 Å². The molecule has 1 aliphatic carbocycles. The fraction of sp³-hybridized carbons (Fsp3) is 0.438. The zero-order chi connectivity index (χ0) is 13.9. The Kier molecular flexibility index (Phi) is 3.74. The predicted molar refractivity (Wildman–Crippen MR) is 78.0 cm³/mol. The van der Waals surface area contributed by atoms with Gasteiger partial charge in [-0.15, -0.1) is 0 Å². The second-order valence-corrected chi connectivity index (χ2v) is 5.59. The number of hydrogen-bond donors (Lipinski definition) is 2. The topological polar surface area (TPSA) is 68.3 Å². The minimum atomic E-state index is -0.149. The smallest absolute Gasteiger partial charge is 0.220 e. The molecule has 1 heterocycles. The number of amides is 1. The van der Waals surface area contributed by atoms with E-state index in [1.165, 1.54) is 10.9 Å². The van der Waals surface area contributed by atoms with Crippen LogP contribution >= 0.6 is 0 Å². The molecule has 1 aromatic carbocycles. The van der Waals surface area contributed by atoms with E-state index in [2.05, 4.69) is 11.4 Å². The number of nitrogens with one attached hydrogen (secondary N) is 1. The van der Waals surface area contributed by atoms with Gasteiger partial charge in [0.1, 0.15) is 5.58 Å². The van der Waals surface area contributed by atoms with Crippen molar-refractivity contribution >= 4 is 16.9 Å². The molecule has 1 saturated carbocycles. The third-order valence-corrected chi connectivity index (χ3v) is 4.27. The number of rotatable bonds is 4. The number of furan rings is 1. The van der Waals surface area contributed by atoms with E-state index in [0.29, 0.717) is 6.04 Å². The molecule has 0 unspecified atom stereocenters. The molecule has 1 amide bonds. The van der Waals surface area contributed by atoms with Gasteiger partial charge in [0.05, 0.1) is 6.26 Å². The predicted octanol–water partition coefficient (Wildman–Crippen LogP) is 2.57. The molecule has 4 heteroatoms. The molecule has 0 bridgehead atoms. The van der Waals surface area contributed by atoms with Crippen molar-refractivity contribution in [2.45, 2.75) is 38.3 Å². The first-order chi connectivity index (χ1) is 9.74. The molecule has 3 rings (SSSR count). The normalized spacial score (nSPS) is 23.0. The highest BCUT2D eigenvalue weighted by atomic mass is 16.3. The average Bonchev–Trinajstić information content (AvgIpc) is 2.89. The molecule has 3 N–H and O–H groups in total. The van der Waals surface area contributed by atoms with E-state index in [-0.39, 0.29) is 11.8 Å². The number of nitrogens with two attached hydrogens (primary N) is 1. The molecule has 1 aliphatic rings. The Bertz CT molecular complexity index is 597. The van der Waals surface area contributed by atoms with Crippen molar-refractivity contribution in [1.29, 1.82) is 0 Å². The highest BCUT2D eigenvalue weighted by Gasteiger charge is 2.24. The van der Waals surface area contributed by atoms with Gasteiger partial charge in [0.25, 0.3) is 0 Å². The van der Waals surface area contributed by atoms with E-state index in [9.17, 15) is 4.79 Å². The molecule has 20 heavy (non-hydrogen) atoms. The summed E-state index contributed by atoms with van der Waals surface area (Å²) in [6, 6.07) is 8.55. The van der Waals surface area contributed by atoms with Crippen molar-refractivity contribution in [3.8, 4) is 0 Å². The van der Waals surface area contributed by atoms with Gasteiger partial charge in [-0.3, -0.25) is 4.79 Å². The van der Waals surface area contributed by atoms with Crippen molar-refractivity contribution in [2.24, 2.45) is 11.7 Å². The van der Waals surface area contributed by atoms with Crippen molar-refractivity contribution in [1.82, 2.24) is 5.32 Å². The van der Waals surface area contributed by atoms with E-state index < -0.39 is 0 Å². The molecule has 0 radical (unpaired) electrons. The third kappa shape index (κ3) is 2.70. The van der Waals surface area contributed by atoms with Crippen LogP contribution in [0.1, 0.15) is 31.2 Å². The first-order valence-corrected chi connectivity index (χ1v) is 7.22. The highest BCUT2D eigenvalue weighted by Crippen LogP contribution is 2.25. The molecule has 106 valence electrons. The molecule has 1 fully saturated rings.